The number of pyridine rings is 1. The lowest BCUT2D eigenvalue weighted by Gasteiger charge is -2.31. The molecule has 1 aliphatic carbocycles. The molecule has 2 aromatic rings. The number of nitrogens with zero attached hydrogens (tertiary/aromatic N) is 3. The van der Waals surface area contributed by atoms with Gasteiger partial charge >= 0.3 is 0 Å². The largest absolute Gasteiger partial charge is 0.337 e. The molecule has 21 heavy (non-hydrogen) atoms. The lowest BCUT2D eigenvalue weighted by Crippen LogP contribution is -2.39. The Hall–Kier alpha value is -1.55. The van der Waals surface area contributed by atoms with Crippen molar-refractivity contribution in [3.63, 3.8) is 0 Å². The Morgan fingerprint density at radius 2 is 2.10 bits per heavy atom. The van der Waals surface area contributed by atoms with Crippen LogP contribution in [0.1, 0.15) is 48.3 Å². The van der Waals surface area contributed by atoms with Gasteiger partial charge in [0.25, 0.3) is 5.91 Å². The smallest absolute Gasteiger partial charge is 0.272 e. The summed E-state index contributed by atoms with van der Waals surface area (Å²) in [6.07, 6.45) is 7.73. The van der Waals surface area contributed by atoms with Gasteiger partial charge in [-0.15, -0.1) is 0 Å². The maximum Gasteiger partial charge on any atom is 0.272 e. The van der Waals surface area contributed by atoms with Gasteiger partial charge in [-0.1, -0.05) is 30.9 Å². The predicted octanol–water partition coefficient (Wildman–Crippen LogP) is 3.70. The first-order chi connectivity index (χ1) is 10.1. The van der Waals surface area contributed by atoms with Crippen LogP contribution in [0.3, 0.4) is 0 Å². The Morgan fingerprint density at radius 1 is 1.38 bits per heavy atom. The third-order valence-corrected chi connectivity index (χ3v) is 4.64. The second-order valence-electron chi connectivity index (χ2n) is 5.83. The van der Waals surface area contributed by atoms with Gasteiger partial charge in [-0.25, -0.2) is 4.98 Å². The van der Waals surface area contributed by atoms with Crippen LogP contribution in [0.2, 0.25) is 5.02 Å². The average molecular weight is 306 g/mol. The van der Waals surface area contributed by atoms with E-state index in [2.05, 4.69) is 4.98 Å². The molecule has 3 rings (SSSR count). The number of aromatic nitrogens is 2. The Balaban J connectivity index is 1.95. The Labute approximate surface area is 129 Å². The molecular formula is C16H20ClN3O. The van der Waals surface area contributed by atoms with E-state index in [1.54, 1.807) is 12.1 Å². The molecule has 0 saturated heterocycles. The standard InChI is InChI=1S/C16H20ClN3O/c1-11-15(20-9-8-12(17)10-14(20)18-11)16(21)19(2)13-6-4-3-5-7-13/h8-10,13H,3-7H2,1-2H3. The van der Waals surface area contributed by atoms with Gasteiger partial charge in [-0.05, 0) is 25.8 Å². The number of aryl methyl sites for hydroxylation is 1. The summed E-state index contributed by atoms with van der Waals surface area (Å²) < 4.78 is 1.84. The molecule has 1 saturated carbocycles. The van der Waals surface area contributed by atoms with Crippen LogP contribution in [-0.4, -0.2) is 33.3 Å². The van der Waals surface area contributed by atoms with Crippen molar-refractivity contribution in [2.45, 2.75) is 45.1 Å². The van der Waals surface area contributed by atoms with Crippen LogP contribution < -0.4 is 0 Å². The number of carbonyl (C=O) groups excluding carboxylic acids is 1. The number of hydrogen-bond donors (Lipinski definition) is 0. The molecule has 1 aliphatic rings. The molecule has 4 nitrogen and oxygen atoms in total. The fourth-order valence-corrected chi connectivity index (χ4v) is 3.35. The highest BCUT2D eigenvalue weighted by Gasteiger charge is 2.26. The third-order valence-electron chi connectivity index (χ3n) is 4.41. The van der Waals surface area contributed by atoms with Gasteiger partial charge in [0.15, 0.2) is 0 Å². The van der Waals surface area contributed by atoms with Crippen molar-refractivity contribution in [1.82, 2.24) is 14.3 Å². The van der Waals surface area contributed by atoms with Crippen molar-refractivity contribution >= 4 is 23.2 Å². The molecule has 0 spiro atoms. The predicted molar refractivity (Wildman–Crippen MR) is 83.9 cm³/mol. The fourth-order valence-electron chi connectivity index (χ4n) is 3.20. The maximum atomic E-state index is 12.9. The molecule has 2 heterocycles. The van der Waals surface area contributed by atoms with Gasteiger partial charge in [-0.3, -0.25) is 9.20 Å². The van der Waals surface area contributed by atoms with Gasteiger partial charge in [0.1, 0.15) is 11.3 Å². The van der Waals surface area contributed by atoms with Crippen molar-refractivity contribution in [2.24, 2.45) is 0 Å². The Bertz CT molecular complexity index is 673. The van der Waals surface area contributed by atoms with Crippen LogP contribution in [0.15, 0.2) is 18.3 Å². The second-order valence-corrected chi connectivity index (χ2v) is 6.26. The van der Waals surface area contributed by atoms with E-state index in [1.807, 2.05) is 29.5 Å². The molecule has 5 heteroatoms. The molecular weight excluding hydrogens is 286 g/mol. The van der Waals surface area contributed by atoms with Gasteiger partial charge in [0.05, 0.1) is 5.69 Å². The lowest BCUT2D eigenvalue weighted by atomic mass is 9.94. The first-order valence-electron chi connectivity index (χ1n) is 7.49. The summed E-state index contributed by atoms with van der Waals surface area (Å²) in [5.74, 6) is 0.0502. The van der Waals surface area contributed by atoms with E-state index < -0.39 is 0 Å². The van der Waals surface area contributed by atoms with Crippen LogP contribution in [0.25, 0.3) is 5.65 Å². The summed E-state index contributed by atoms with van der Waals surface area (Å²) in [6, 6.07) is 3.92. The van der Waals surface area contributed by atoms with Crippen molar-refractivity contribution in [3.8, 4) is 0 Å². The number of halogens is 1. The minimum Gasteiger partial charge on any atom is -0.337 e. The van der Waals surface area contributed by atoms with E-state index in [1.165, 1.54) is 19.3 Å². The maximum absolute atomic E-state index is 12.9. The van der Waals surface area contributed by atoms with Gasteiger partial charge in [-0.2, -0.15) is 0 Å². The summed E-state index contributed by atoms with van der Waals surface area (Å²) in [5, 5.41) is 0.632. The molecule has 1 fully saturated rings. The van der Waals surface area contributed by atoms with Crippen LogP contribution in [0.4, 0.5) is 0 Å². The first-order valence-corrected chi connectivity index (χ1v) is 7.87. The molecule has 112 valence electrons. The van der Waals surface area contributed by atoms with Gasteiger partial charge in [0.2, 0.25) is 0 Å². The molecule has 0 aliphatic heterocycles. The first kappa shape index (κ1) is 14.4. The topological polar surface area (TPSA) is 37.6 Å². The van der Waals surface area contributed by atoms with E-state index in [-0.39, 0.29) is 5.91 Å². The lowest BCUT2D eigenvalue weighted by molar-refractivity contribution is 0.0688. The summed E-state index contributed by atoms with van der Waals surface area (Å²) in [5.41, 5.74) is 2.13. The molecule has 1 amide bonds. The summed E-state index contributed by atoms with van der Waals surface area (Å²) in [4.78, 5) is 19.2. The number of amides is 1. The minimum absolute atomic E-state index is 0.0502. The number of hydrogen-bond acceptors (Lipinski definition) is 2. The summed E-state index contributed by atoms with van der Waals surface area (Å²) in [6.45, 7) is 1.88. The number of fused-ring (bicyclic) bond motifs is 1. The second kappa shape index (κ2) is 5.68. The monoisotopic (exact) mass is 305 g/mol. The van der Waals surface area contributed by atoms with Crippen LogP contribution in [0.5, 0.6) is 0 Å². The molecule has 0 radical (unpaired) electrons. The quantitative estimate of drug-likeness (QED) is 0.848. The van der Waals surface area contributed by atoms with Crippen LogP contribution in [0, 0.1) is 6.92 Å². The van der Waals surface area contributed by atoms with E-state index in [0.717, 1.165) is 24.2 Å². The zero-order valence-electron chi connectivity index (χ0n) is 12.5. The zero-order valence-corrected chi connectivity index (χ0v) is 13.2. The van der Waals surface area contributed by atoms with E-state index in [0.29, 0.717) is 16.8 Å². The molecule has 0 atom stereocenters. The SMILES string of the molecule is Cc1nc2cc(Cl)ccn2c1C(=O)N(C)C1CCCCC1. The van der Waals surface area contributed by atoms with Crippen LogP contribution in [-0.2, 0) is 0 Å². The zero-order chi connectivity index (χ0) is 15.0. The highest BCUT2D eigenvalue weighted by atomic mass is 35.5. The van der Waals surface area contributed by atoms with Crippen LogP contribution >= 0.6 is 11.6 Å². The molecule has 0 unspecified atom stereocenters. The third kappa shape index (κ3) is 2.64. The number of rotatable bonds is 2. The average Bonchev–Trinajstić information content (AvgIpc) is 2.81. The number of imidazole rings is 1. The fraction of sp³-hybridized carbons (Fsp3) is 0.500. The van der Waals surface area contributed by atoms with E-state index >= 15 is 0 Å². The van der Waals surface area contributed by atoms with Crippen molar-refractivity contribution in [3.05, 3.63) is 34.7 Å². The highest BCUT2D eigenvalue weighted by Crippen LogP contribution is 2.24. The van der Waals surface area contributed by atoms with Crippen molar-refractivity contribution < 1.29 is 4.79 Å². The van der Waals surface area contributed by atoms with E-state index in [9.17, 15) is 4.79 Å². The van der Waals surface area contributed by atoms with Crippen molar-refractivity contribution in [1.29, 1.82) is 0 Å². The Kier molecular flexibility index (Phi) is 3.89. The number of carbonyl (C=O) groups is 1. The summed E-state index contributed by atoms with van der Waals surface area (Å²) in [7, 11) is 1.91. The van der Waals surface area contributed by atoms with Crippen molar-refractivity contribution in [2.75, 3.05) is 7.05 Å². The normalized spacial score (nSPS) is 16.3. The van der Waals surface area contributed by atoms with Gasteiger partial charge < -0.3 is 4.90 Å². The van der Waals surface area contributed by atoms with Gasteiger partial charge in [0, 0.05) is 30.4 Å². The molecule has 0 bridgehead atoms. The molecule has 0 aromatic carbocycles. The Morgan fingerprint density at radius 3 is 2.81 bits per heavy atom. The molecule has 2 aromatic heterocycles. The molecule has 0 N–H and O–H groups in total. The minimum atomic E-state index is 0.0502. The summed E-state index contributed by atoms with van der Waals surface area (Å²) >= 11 is 6.00. The highest BCUT2D eigenvalue weighted by molar-refractivity contribution is 6.30. The van der Waals surface area contributed by atoms with E-state index in [4.69, 9.17) is 11.6 Å².